The van der Waals surface area contributed by atoms with Crippen molar-refractivity contribution in [2.45, 2.75) is 96.4 Å². The van der Waals surface area contributed by atoms with Crippen LogP contribution in [0.2, 0.25) is 0 Å². The van der Waals surface area contributed by atoms with Crippen LogP contribution < -0.4 is 11.1 Å². The van der Waals surface area contributed by atoms with Crippen LogP contribution >= 0.6 is 0 Å². The third-order valence-electron chi connectivity index (χ3n) is 6.62. The molecule has 2 rings (SSSR count). The van der Waals surface area contributed by atoms with Gasteiger partial charge in [0.15, 0.2) is 0 Å². The molecule has 0 aliphatic rings. The Balaban J connectivity index is 2.07. The van der Waals surface area contributed by atoms with E-state index in [-0.39, 0.29) is 19.3 Å². The second-order valence-electron chi connectivity index (χ2n) is 10.1. The molecular formula is C32H44N2O6. The van der Waals surface area contributed by atoms with Gasteiger partial charge >= 0.3 is 11.9 Å². The first-order valence-corrected chi connectivity index (χ1v) is 14.4. The van der Waals surface area contributed by atoms with Crippen LogP contribution in [0.25, 0.3) is 0 Å². The molecule has 0 aliphatic carbocycles. The van der Waals surface area contributed by atoms with E-state index in [1.165, 1.54) is 0 Å². The van der Waals surface area contributed by atoms with E-state index in [0.717, 1.165) is 43.2 Å². The first-order valence-electron chi connectivity index (χ1n) is 14.4. The molecule has 0 bridgehead atoms. The fraction of sp³-hybridized carbons (Fsp3) is 0.500. The largest absolute Gasteiger partial charge is 0.424 e. The van der Waals surface area contributed by atoms with Gasteiger partial charge in [0.05, 0.1) is 5.92 Å². The zero-order valence-electron chi connectivity index (χ0n) is 23.8. The number of benzene rings is 2. The number of nitrogens with one attached hydrogen (secondary N) is 1. The highest BCUT2D eigenvalue weighted by atomic mass is 16.7. The van der Waals surface area contributed by atoms with Crippen LogP contribution in [-0.2, 0) is 41.5 Å². The van der Waals surface area contributed by atoms with Crippen LogP contribution in [0, 0.1) is 5.92 Å². The zero-order valence-corrected chi connectivity index (χ0v) is 23.8. The number of nitrogens with two attached hydrogens (primary N) is 1. The van der Waals surface area contributed by atoms with Gasteiger partial charge in [-0.1, -0.05) is 107 Å². The Bertz CT molecular complexity index is 1030. The lowest BCUT2D eigenvalue weighted by molar-refractivity contribution is -0.191. The van der Waals surface area contributed by atoms with Gasteiger partial charge < -0.3 is 25.3 Å². The molecule has 2 aromatic carbocycles. The molecule has 40 heavy (non-hydrogen) atoms. The third-order valence-corrected chi connectivity index (χ3v) is 6.62. The molecule has 0 radical (unpaired) electrons. The summed E-state index contributed by atoms with van der Waals surface area (Å²) in [5.74, 6) is -2.79. The van der Waals surface area contributed by atoms with Crippen LogP contribution in [0.1, 0.15) is 76.3 Å². The fourth-order valence-electron chi connectivity index (χ4n) is 4.31. The van der Waals surface area contributed by atoms with Gasteiger partial charge in [-0.3, -0.25) is 9.59 Å². The van der Waals surface area contributed by atoms with Gasteiger partial charge in [-0.15, -0.1) is 0 Å². The third kappa shape index (κ3) is 12.1. The monoisotopic (exact) mass is 552 g/mol. The van der Waals surface area contributed by atoms with E-state index in [9.17, 15) is 19.2 Å². The molecule has 4 atom stereocenters. The number of esters is 2. The van der Waals surface area contributed by atoms with E-state index in [1.807, 2.05) is 67.6 Å². The van der Waals surface area contributed by atoms with E-state index in [4.69, 9.17) is 15.2 Å². The van der Waals surface area contributed by atoms with Crippen molar-refractivity contribution in [3.05, 3.63) is 71.8 Å². The normalized spacial score (nSPS) is 13.9. The summed E-state index contributed by atoms with van der Waals surface area (Å²) in [6.45, 7) is 4.00. The maximum atomic E-state index is 13.3. The second kappa shape index (κ2) is 18.7. The average molecular weight is 553 g/mol. The van der Waals surface area contributed by atoms with Crippen molar-refractivity contribution in [2.75, 3.05) is 0 Å². The summed E-state index contributed by atoms with van der Waals surface area (Å²) in [7, 11) is 0. The van der Waals surface area contributed by atoms with Crippen molar-refractivity contribution in [1.82, 2.24) is 5.32 Å². The number of carbonyl (C=O) groups is 4. The van der Waals surface area contributed by atoms with Crippen LogP contribution in [-0.4, -0.2) is 42.5 Å². The van der Waals surface area contributed by atoms with Crippen LogP contribution in [0.5, 0.6) is 0 Å². The van der Waals surface area contributed by atoms with Gasteiger partial charge in [-0.25, -0.2) is 4.79 Å². The predicted molar refractivity (Wildman–Crippen MR) is 154 cm³/mol. The Kier molecular flexibility index (Phi) is 15.3. The number of hydrogen-bond donors (Lipinski definition) is 2. The SMILES string of the molecule is CCCCCCCC(C=O)C(=O)NC(Cc1ccccc1)C(=O)OC(CCC)OC(=O)C(N)Cc1ccccc1. The van der Waals surface area contributed by atoms with Gasteiger partial charge in [0.1, 0.15) is 18.4 Å². The Hall–Kier alpha value is -3.52. The van der Waals surface area contributed by atoms with Crippen molar-refractivity contribution >= 4 is 24.1 Å². The molecule has 0 aromatic heterocycles. The first-order chi connectivity index (χ1) is 19.4. The number of rotatable bonds is 19. The quantitative estimate of drug-likeness (QED) is 0.0853. The van der Waals surface area contributed by atoms with Crippen LogP contribution in [0.15, 0.2) is 60.7 Å². The van der Waals surface area contributed by atoms with Crippen molar-refractivity contribution in [3.8, 4) is 0 Å². The molecule has 0 saturated carbocycles. The number of carbonyl (C=O) groups excluding carboxylic acids is 4. The van der Waals surface area contributed by atoms with E-state index in [0.29, 0.717) is 19.1 Å². The molecule has 8 nitrogen and oxygen atoms in total. The summed E-state index contributed by atoms with van der Waals surface area (Å²) in [6, 6.07) is 16.5. The van der Waals surface area contributed by atoms with Crippen molar-refractivity contribution in [2.24, 2.45) is 11.7 Å². The summed E-state index contributed by atoms with van der Waals surface area (Å²) in [4.78, 5) is 50.7. The lowest BCUT2D eigenvalue weighted by Crippen LogP contribution is -2.47. The molecule has 1 amide bonds. The number of aldehydes is 1. The molecule has 8 heteroatoms. The summed E-state index contributed by atoms with van der Waals surface area (Å²) in [5, 5.41) is 2.71. The van der Waals surface area contributed by atoms with Crippen LogP contribution in [0.4, 0.5) is 0 Å². The summed E-state index contributed by atoms with van der Waals surface area (Å²) in [6.07, 6.45) is 6.17. The Morgan fingerprint density at radius 3 is 1.93 bits per heavy atom. The highest BCUT2D eigenvalue weighted by Gasteiger charge is 2.30. The molecule has 0 saturated heterocycles. The molecule has 0 heterocycles. The zero-order chi connectivity index (χ0) is 29.2. The number of hydrogen-bond acceptors (Lipinski definition) is 7. The molecule has 218 valence electrons. The molecule has 3 N–H and O–H groups in total. The van der Waals surface area contributed by atoms with Gasteiger partial charge in [0, 0.05) is 12.8 Å². The first kappa shape index (κ1) is 32.7. The van der Waals surface area contributed by atoms with Crippen molar-refractivity contribution < 1.29 is 28.7 Å². The van der Waals surface area contributed by atoms with E-state index >= 15 is 0 Å². The summed E-state index contributed by atoms with van der Waals surface area (Å²) < 4.78 is 11.1. The van der Waals surface area contributed by atoms with Crippen LogP contribution in [0.3, 0.4) is 0 Å². The number of ether oxygens (including phenoxy) is 2. The predicted octanol–water partition coefficient (Wildman–Crippen LogP) is 4.67. The topological polar surface area (TPSA) is 125 Å². The number of unbranched alkanes of at least 4 members (excludes halogenated alkanes) is 4. The Labute approximate surface area is 238 Å². The number of amides is 1. The van der Waals surface area contributed by atoms with Crippen molar-refractivity contribution in [3.63, 3.8) is 0 Å². The Morgan fingerprint density at radius 1 is 0.775 bits per heavy atom. The van der Waals surface area contributed by atoms with E-state index in [1.54, 1.807) is 0 Å². The molecule has 0 aliphatic heterocycles. The minimum Gasteiger partial charge on any atom is -0.424 e. The van der Waals surface area contributed by atoms with Gasteiger partial charge in [0.2, 0.25) is 12.2 Å². The Morgan fingerprint density at radius 2 is 1.35 bits per heavy atom. The molecular weight excluding hydrogens is 508 g/mol. The average Bonchev–Trinajstić information content (AvgIpc) is 2.95. The molecule has 0 fully saturated rings. The summed E-state index contributed by atoms with van der Waals surface area (Å²) >= 11 is 0. The molecule has 0 spiro atoms. The maximum Gasteiger partial charge on any atom is 0.332 e. The highest BCUT2D eigenvalue weighted by molar-refractivity contribution is 5.94. The fourth-order valence-corrected chi connectivity index (χ4v) is 4.31. The summed E-state index contributed by atoms with van der Waals surface area (Å²) in [5.41, 5.74) is 7.75. The van der Waals surface area contributed by atoms with Gasteiger partial charge in [-0.2, -0.15) is 0 Å². The highest BCUT2D eigenvalue weighted by Crippen LogP contribution is 2.14. The minimum atomic E-state index is -1.15. The molecule has 4 unspecified atom stereocenters. The maximum absolute atomic E-state index is 13.3. The van der Waals surface area contributed by atoms with Gasteiger partial charge in [0.25, 0.3) is 0 Å². The van der Waals surface area contributed by atoms with Gasteiger partial charge in [-0.05, 0) is 30.4 Å². The minimum absolute atomic E-state index is 0.161. The standard InChI is InChI=1S/C32H44N2O6/c1-3-5-6-7-14-20-26(23-35)30(36)34-28(22-25-18-12-9-13-19-25)32(38)40-29(15-4-2)39-31(37)27(33)21-24-16-10-8-11-17-24/h8-13,16-19,23,26-29H,3-7,14-15,20-22,33H2,1-2H3,(H,34,36). The van der Waals surface area contributed by atoms with Crippen molar-refractivity contribution in [1.29, 1.82) is 0 Å². The molecule has 2 aromatic rings. The second-order valence-corrected chi connectivity index (χ2v) is 10.1. The van der Waals surface area contributed by atoms with E-state index < -0.39 is 42.1 Å². The lowest BCUT2D eigenvalue weighted by atomic mass is 9.99. The lowest BCUT2D eigenvalue weighted by Gasteiger charge is -2.24. The smallest absolute Gasteiger partial charge is 0.332 e. The van der Waals surface area contributed by atoms with E-state index in [2.05, 4.69) is 12.2 Å².